The van der Waals surface area contributed by atoms with Crippen LogP contribution in [0.3, 0.4) is 0 Å². The van der Waals surface area contributed by atoms with Crippen molar-refractivity contribution in [2.75, 3.05) is 5.32 Å². The molecule has 0 aliphatic rings. The third kappa shape index (κ3) is 4.53. The van der Waals surface area contributed by atoms with Gasteiger partial charge in [-0.15, -0.1) is 0 Å². The first-order valence-electron chi connectivity index (χ1n) is 9.71. The molecule has 0 aliphatic heterocycles. The molecule has 3 aromatic carbocycles. The summed E-state index contributed by atoms with van der Waals surface area (Å²) in [7, 11) is 0. The number of oxazole rings is 1. The number of rotatable bonds is 5. The molecule has 7 nitrogen and oxygen atoms in total. The topological polar surface area (TPSA) is 98.3 Å². The number of hydrogen-bond acceptors (Lipinski definition) is 5. The molecule has 8 heteroatoms. The van der Waals surface area contributed by atoms with E-state index in [0.29, 0.717) is 28.2 Å². The van der Waals surface area contributed by atoms with Crippen molar-refractivity contribution in [1.82, 2.24) is 4.98 Å². The smallest absolute Gasteiger partial charge is 0.288 e. The molecule has 0 saturated heterocycles. The van der Waals surface area contributed by atoms with E-state index in [2.05, 4.69) is 16.4 Å². The second kappa shape index (κ2) is 8.64. The van der Waals surface area contributed by atoms with Crippen molar-refractivity contribution in [1.29, 1.82) is 0 Å². The molecule has 0 bridgehead atoms. The van der Waals surface area contributed by atoms with Gasteiger partial charge in [0.05, 0.1) is 4.92 Å². The van der Waals surface area contributed by atoms with Gasteiger partial charge in [-0.2, -0.15) is 0 Å². The Balaban J connectivity index is 1.52. The van der Waals surface area contributed by atoms with Crippen molar-refractivity contribution in [2.45, 2.75) is 13.8 Å². The highest BCUT2D eigenvalue weighted by Crippen LogP contribution is 2.29. The molecule has 0 atom stereocenters. The van der Waals surface area contributed by atoms with Gasteiger partial charge in [0.15, 0.2) is 5.58 Å². The van der Waals surface area contributed by atoms with Crippen LogP contribution in [0.25, 0.3) is 28.6 Å². The fourth-order valence-electron chi connectivity index (χ4n) is 3.30. The Morgan fingerprint density at radius 1 is 1.12 bits per heavy atom. The summed E-state index contributed by atoms with van der Waals surface area (Å²) in [5, 5.41) is 13.8. The summed E-state index contributed by atoms with van der Waals surface area (Å²) in [4.78, 5) is 27.3. The maximum atomic E-state index is 12.3. The van der Waals surface area contributed by atoms with Crippen molar-refractivity contribution in [3.8, 4) is 11.5 Å². The molecule has 0 spiro atoms. The molecule has 1 amide bonds. The minimum Gasteiger partial charge on any atom is -0.436 e. The zero-order valence-corrected chi connectivity index (χ0v) is 18.0. The largest absolute Gasteiger partial charge is 0.436 e. The number of nitrogens with one attached hydrogen (secondary N) is 1. The molecule has 0 unspecified atom stereocenters. The molecule has 160 valence electrons. The predicted octanol–water partition coefficient (Wildman–Crippen LogP) is 6.33. The fourth-order valence-corrected chi connectivity index (χ4v) is 3.49. The summed E-state index contributed by atoms with van der Waals surface area (Å²) in [5.74, 6) is 0.130. The Kier molecular flexibility index (Phi) is 5.75. The Morgan fingerprint density at radius 2 is 1.94 bits per heavy atom. The lowest BCUT2D eigenvalue weighted by molar-refractivity contribution is -0.384. The first-order chi connectivity index (χ1) is 15.3. The number of benzene rings is 3. The maximum absolute atomic E-state index is 12.3. The third-order valence-electron chi connectivity index (χ3n) is 4.86. The SMILES string of the molecule is Cc1ccc(-c2nc3cc(NC(=O)/C=C/c4ccc(Cl)c([N+](=O)[O-])c4)ccc3o2)c(C)c1. The van der Waals surface area contributed by atoms with Crippen molar-refractivity contribution in [3.63, 3.8) is 0 Å². The molecule has 1 heterocycles. The van der Waals surface area contributed by atoms with Gasteiger partial charge in [-0.1, -0.05) is 35.4 Å². The summed E-state index contributed by atoms with van der Waals surface area (Å²) in [5.41, 5.74) is 5.20. The molecule has 0 fully saturated rings. The van der Waals surface area contributed by atoms with Gasteiger partial charge < -0.3 is 9.73 Å². The van der Waals surface area contributed by atoms with E-state index in [9.17, 15) is 14.9 Å². The zero-order valence-electron chi connectivity index (χ0n) is 17.3. The molecule has 32 heavy (non-hydrogen) atoms. The summed E-state index contributed by atoms with van der Waals surface area (Å²) < 4.78 is 5.88. The minimum absolute atomic E-state index is 0.0396. The monoisotopic (exact) mass is 447 g/mol. The molecule has 4 aromatic rings. The molecular weight excluding hydrogens is 430 g/mol. The average Bonchev–Trinajstić information content (AvgIpc) is 3.16. The molecule has 1 aromatic heterocycles. The lowest BCUT2D eigenvalue weighted by Crippen LogP contribution is -2.07. The highest BCUT2D eigenvalue weighted by molar-refractivity contribution is 6.32. The number of carbonyl (C=O) groups is 1. The highest BCUT2D eigenvalue weighted by atomic mass is 35.5. The summed E-state index contributed by atoms with van der Waals surface area (Å²) in [6.07, 6.45) is 2.77. The summed E-state index contributed by atoms with van der Waals surface area (Å²) in [6, 6.07) is 15.6. The molecule has 4 rings (SSSR count). The zero-order chi connectivity index (χ0) is 22.8. The Bertz CT molecular complexity index is 1390. The number of fused-ring (bicyclic) bond motifs is 1. The van der Waals surface area contributed by atoms with Crippen LogP contribution >= 0.6 is 11.6 Å². The van der Waals surface area contributed by atoms with Crippen LogP contribution in [0.4, 0.5) is 11.4 Å². The first kappa shape index (κ1) is 21.3. The van der Waals surface area contributed by atoms with Gasteiger partial charge in [0.1, 0.15) is 10.5 Å². The number of carbonyl (C=O) groups excluding carboxylic acids is 1. The van der Waals surface area contributed by atoms with Crippen molar-refractivity contribution < 1.29 is 14.1 Å². The normalized spacial score (nSPS) is 11.2. The Hall–Kier alpha value is -3.97. The van der Waals surface area contributed by atoms with Crippen LogP contribution in [0.1, 0.15) is 16.7 Å². The number of nitrogens with zero attached hydrogens (tertiary/aromatic N) is 2. The van der Waals surface area contributed by atoms with E-state index in [1.54, 1.807) is 24.3 Å². The lowest BCUT2D eigenvalue weighted by atomic mass is 10.1. The van der Waals surface area contributed by atoms with Crippen LogP contribution in [0.5, 0.6) is 0 Å². The molecule has 0 saturated carbocycles. The lowest BCUT2D eigenvalue weighted by Gasteiger charge is -2.01. The van der Waals surface area contributed by atoms with Crippen LogP contribution < -0.4 is 5.32 Å². The Labute approximate surface area is 188 Å². The number of nitro groups is 1. The highest BCUT2D eigenvalue weighted by Gasteiger charge is 2.13. The minimum atomic E-state index is -0.570. The van der Waals surface area contributed by atoms with E-state index in [4.69, 9.17) is 16.0 Å². The number of anilines is 1. The average molecular weight is 448 g/mol. The fraction of sp³-hybridized carbons (Fsp3) is 0.0833. The molecule has 1 N–H and O–H groups in total. The molecule has 0 aliphatic carbocycles. The van der Waals surface area contributed by atoms with Crippen LogP contribution in [0, 0.1) is 24.0 Å². The van der Waals surface area contributed by atoms with Crippen molar-refractivity contribution in [2.24, 2.45) is 0 Å². The van der Waals surface area contributed by atoms with Crippen LogP contribution in [-0.4, -0.2) is 15.8 Å². The number of amides is 1. The van der Waals surface area contributed by atoms with Crippen LogP contribution in [0.15, 0.2) is 65.1 Å². The van der Waals surface area contributed by atoms with E-state index in [0.717, 1.165) is 16.7 Å². The van der Waals surface area contributed by atoms with E-state index in [-0.39, 0.29) is 16.6 Å². The number of hydrogen-bond donors (Lipinski definition) is 1. The number of nitro benzene ring substituents is 1. The van der Waals surface area contributed by atoms with Gasteiger partial charge in [0.25, 0.3) is 5.69 Å². The van der Waals surface area contributed by atoms with E-state index in [1.165, 1.54) is 24.3 Å². The summed E-state index contributed by atoms with van der Waals surface area (Å²) in [6.45, 7) is 4.03. The quantitative estimate of drug-likeness (QED) is 0.219. The van der Waals surface area contributed by atoms with E-state index < -0.39 is 4.92 Å². The van der Waals surface area contributed by atoms with Gasteiger partial charge >= 0.3 is 0 Å². The van der Waals surface area contributed by atoms with Crippen molar-refractivity contribution >= 4 is 46.1 Å². The van der Waals surface area contributed by atoms with E-state index in [1.807, 2.05) is 26.0 Å². The predicted molar refractivity (Wildman–Crippen MR) is 125 cm³/mol. The van der Waals surface area contributed by atoms with Gasteiger partial charge in [0.2, 0.25) is 11.8 Å². The second-order valence-electron chi connectivity index (χ2n) is 7.31. The van der Waals surface area contributed by atoms with Gasteiger partial charge in [-0.3, -0.25) is 14.9 Å². The van der Waals surface area contributed by atoms with Gasteiger partial charge in [-0.05, 0) is 61.4 Å². The Morgan fingerprint density at radius 3 is 2.69 bits per heavy atom. The standard InChI is InChI=1S/C24H18ClN3O4/c1-14-3-7-18(15(2)11-14)24-27-20-13-17(6-9-22(20)32-24)26-23(29)10-5-16-4-8-19(25)21(12-16)28(30)31/h3-13H,1-2H3,(H,26,29)/b10-5+. The molecular formula is C24H18ClN3O4. The number of aromatic nitrogens is 1. The first-order valence-corrected chi connectivity index (χ1v) is 10.1. The van der Waals surface area contributed by atoms with E-state index >= 15 is 0 Å². The third-order valence-corrected chi connectivity index (χ3v) is 5.18. The number of aryl methyl sites for hydroxylation is 2. The number of halogens is 1. The van der Waals surface area contributed by atoms with Crippen LogP contribution in [0.2, 0.25) is 5.02 Å². The van der Waals surface area contributed by atoms with Crippen molar-refractivity contribution in [3.05, 3.63) is 92.5 Å². The van der Waals surface area contributed by atoms with Gasteiger partial charge in [0, 0.05) is 23.4 Å². The summed E-state index contributed by atoms with van der Waals surface area (Å²) >= 11 is 5.81. The second-order valence-corrected chi connectivity index (χ2v) is 7.72. The maximum Gasteiger partial charge on any atom is 0.288 e. The van der Waals surface area contributed by atoms with Crippen LogP contribution in [-0.2, 0) is 4.79 Å². The molecule has 0 radical (unpaired) electrons. The van der Waals surface area contributed by atoms with Gasteiger partial charge in [-0.25, -0.2) is 4.98 Å².